The summed E-state index contributed by atoms with van der Waals surface area (Å²) in [6, 6.07) is 9.58. The van der Waals surface area contributed by atoms with Crippen molar-refractivity contribution in [1.82, 2.24) is 19.3 Å². The van der Waals surface area contributed by atoms with Crippen LogP contribution in [0.15, 0.2) is 61.3 Å². The van der Waals surface area contributed by atoms with Crippen molar-refractivity contribution in [3.63, 3.8) is 0 Å². The van der Waals surface area contributed by atoms with Crippen molar-refractivity contribution in [2.24, 2.45) is 0 Å². The number of anilines is 1. The zero-order valence-electron chi connectivity index (χ0n) is 13.9. The Morgan fingerprint density at radius 3 is 2.80 bits per heavy atom. The summed E-state index contributed by atoms with van der Waals surface area (Å²) >= 11 is 0. The number of ether oxygens (including phenoxy) is 1. The maximum Gasteiger partial charge on any atom is 0.249 e. The number of nitrogens with one attached hydrogen (secondary N) is 1. The van der Waals surface area contributed by atoms with Crippen molar-refractivity contribution in [3.05, 3.63) is 66.9 Å². The summed E-state index contributed by atoms with van der Waals surface area (Å²) in [6.45, 7) is 1.22. The first kappa shape index (κ1) is 16.7. The molecule has 1 amide bonds. The molecule has 0 aliphatic heterocycles. The second-order valence-electron chi connectivity index (χ2n) is 5.34. The Morgan fingerprint density at radius 1 is 1.24 bits per heavy atom. The molecule has 0 atom stereocenters. The molecule has 0 radical (unpaired) electrons. The molecule has 7 nitrogen and oxygen atoms in total. The monoisotopic (exact) mass is 337 g/mol. The first-order valence-electron chi connectivity index (χ1n) is 7.84. The van der Waals surface area contributed by atoms with Crippen LogP contribution in [-0.4, -0.2) is 39.0 Å². The molecule has 0 saturated carbocycles. The summed E-state index contributed by atoms with van der Waals surface area (Å²) in [6.07, 6.45) is 10.4. The van der Waals surface area contributed by atoms with Gasteiger partial charge in [0, 0.05) is 43.5 Å². The zero-order valence-corrected chi connectivity index (χ0v) is 13.9. The molecule has 25 heavy (non-hydrogen) atoms. The Kier molecular flexibility index (Phi) is 5.38. The Hall–Kier alpha value is -3.19. The number of imidazole rings is 1. The Balaban J connectivity index is 1.56. The maximum atomic E-state index is 12.0. The van der Waals surface area contributed by atoms with Crippen molar-refractivity contribution in [3.8, 4) is 5.69 Å². The van der Waals surface area contributed by atoms with Gasteiger partial charge in [0.05, 0.1) is 19.5 Å². The fourth-order valence-corrected chi connectivity index (χ4v) is 2.25. The predicted molar refractivity (Wildman–Crippen MR) is 95.3 cm³/mol. The van der Waals surface area contributed by atoms with Crippen molar-refractivity contribution in [2.45, 2.75) is 6.54 Å². The molecule has 0 aliphatic carbocycles. The lowest BCUT2D eigenvalue weighted by Crippen LogP contribution is -2.10. The molecule has 128 valence electrons. The molecule has 0 saturated heterocycles. The van der Waals surface area contributed by atoms with Crippen molar-refractivity contribution in [2.75, 3.05) is 19.0 Å². The molecule has 1 N–H and O–H groups in total. The second kappa shape index (κ2) is 8.07. The number of nitrogens with zero attached hydrogens (tertiary/aromatic N) is 4. The number of benzene rings is 1. The molecule has 7 heteroatoms. The van der Waals surface area contributed by atoms with Gasteiger partial charge in [-0.1, -0.05) is 12.1 Å². The molecule has 0 unspecified atom stereocenters. The van der Waals surface area contributed by atoms with Gasteiger partial charge >= 0.3 is 0 Å². The Morgan fingerprint density at radius 2 is 2.08 bits per heavy atom. The molecular weight excluding hydrogens is 318 g/mol. The summed E-state index contributed by atoms with van der Waals surface area (Å²) in [4.78, 5) is 16.0. The van der Waals surface area contributed by atoms with Gasteiger partial charge < -0.3 is 14.6 Å². The molecule has 3 aromatic rings. The number of methoxy groups -OCH3 is 1. The highest BCUT2D eigenvalue weighted by Gasteiger charge is 2.02. The van der Waals surface area contributed by atoms with Gasteiger partial charge in [0.25, 0.3) is 0 Å². The largest absolute Gasteiger partial charge is 0.383 e. The minimum Gasteiger partial charge on any atom is -0.383 e. The quantitative estimate of drug-likeness (QED) is 0.672. The maximum absolute atomic E-state index is 12.0. The van der Waals surface area contributed by atoms with Crippen LogP contribution in [0.4, 0.5) is 5.82 Å². The van der Waals surface area contributed by atoms with E-state index in [1.165, 1.54) is 6.08 Å². The average molecular weight is 337 g/mol. The minimum atomic E-state index is -0.226. The van der Waals surface area contributed by atoms with Crippen molar-refractivity contribution >= 4 is 17.8 Å². The zero-order chi connectivity index (χ0) is 17.5. The van der Waals surface area contributed by atoms with E-state index in [-0.39, 0.29) is 5.91 Å². The van der Waals surface area contributed by atoms with Crippen molar-refractivity contribution < 1.29 is 9.53 Å². The van der Waals surface area contributed by atoms with Gasteiger partial charge in [-0.25, -0.2) is 4.98 Å². The molecule has 0 aliphatic rings. The van der Waals surface area contributed by atoms with E-state index in [1.807, 2.05) is 35.0 Å². The van der Waals surface area contributed by atoms with Crippen LogP contribution in [0.3, 0.4) is 0 Å². The van der Waals surface area contributed by atoms with Crippen LogP contribution < -0.4 is 5.32 Å². The van der Waals surface area contributed by atoms with Crippen LogP contribution in [0.5, 0.6) is 0 Å². The Labute approximate surface area is 145 Å². The number of carbonyl (C=O) groups is 1. The number of hydrogen-bond acceptors (Lipinski definition) is 4. The van der Waals surface area contributed by atoms with E-state index >= 15 is 0 Å². The highest BCUT2D eigenvalue weighted by molar-refractivity contribution is 6.01. The fraction of sp³-hybridized carbons (Fsp3) is 0.167. The van der Waals surface area contributed by atoms with Crippen LogP contribution in [-0.2, 0) is 16.1 Å². The van der Waals surface area contributed by atoms with E-state index in [0.29, 0.717) is 19.0 Å². The van der Waals surface area contributed by atoms with Crippen LogP contribution >= 0.6 is 0 Å². The third-order valence-electron chi connectivity index (χ3n) is 3.54. The highest BCUT2D eigenvalue weighted by atomic mass is 16.5. The molecular formula is C18H19N5O2. The first-order chi connectivity index (χ1) is 12.2. The van der Waals surface area contributed by atoms with Gasteiger partial charge in [0.1, 0.15) is 0 Å². The summed E-state index contributed by atoms with van der Waals surface area (Å²) < 4.78 is 8.63. The second-order valence-corrected chi connectivity index (χ2v) is 5.34. The summed E-state index contributed by atoms with van der Waals surface area (Å²) in [5.74, 6) is 0.289. The number of hydrogen-bond donors (Lipinski definition) is 1. The van der Waals surface area contributed by atoms with E-state index in [0.717, 1.165) is 11.3 Å². The molecule has 2 aromatic heterocycles. The molecule has 1 aromatic carbocycles. The van der Waals surface area contributed by atoms with Gasteiger partial charge in [-0.05, 0) is 23.8 Å². The lowest BCUT2D eigenvalue weighted by atomic mass is 10.2. The third kappa shape index (κ3) is 4.65. The highest BCUT2D eigenvalue weighted by Crippen LogP contribution is 2.10. The third-order valence-corrected chi connectivity index (χ3v) is 3.54. The number of amides is 1. The SMILES string of the molecule is COCCn1ccc(NC(=O)/C=C\c2ccc(-n3ccnc3)cc2)n1. The Bertz CT molecular complexity index is 835. The lowest BCUT2D eigenvalue weighted by molar-refractivity contribution is -0.111. The van der Waals surface area contributed by atoms with Gasteiger partial charge in [0.15, 0.2) is 5.82 Å². The molecule has 0 bridgehead atoms. The normalized spacial score (nSPS) is 11.1. The van der Waals surface area contributed by atoms with Gasteiger partial charge in [-0.2, -0.15) is 5.10 Å². The van der Waals surface area contributed by atoms with Gasteiger partial charge in [0.2, 0.25) is 5.91 Å². The van der Waals surface area contributed by atoms with Crippen LogP contribution in [0.25, 0.3) is 11.8 Å². The van der Waals surface area contributed by atoms with Crippen LogP contribution in [0.1, 0.15) is 5.56 Å². The number of carbonyl (C=O) groups excluding carboxylic acids is 1. The van der Waals surface area contributed by atoms with Gasteiger partial charge in [-0.3, -0.25) is 9.48 Å². The van der Waals surface area contributed by atoms with E-state index in [1.54, 1.807) is 42.7 Å². The standard InChI is InChI=1S/C18H19N5O2/c1-25-13-12-23-10-8-17(21-23)20-18(24)7-4-15-2-5-16(6-3-15)22-11-9-19-14-22/h2-11,14H,12-13H2,1H3,(H,20,21,24)/b7-4-. The van der Waals surface area contributed by atoms with E-state index in [4.69, 9.17) is 4.74 Å². The number of rotatable bonds is 7. The fourth-order valence-electron chi connectivity index (χ4n) is 2.25. The van der Waals surface area contributed by atoms with E-state index < -0.39 is 0 Å². The lowest BCUT2D eigenvalue weighted by Gasteiger charge is -2.02. The van der Waals surface area contributed by atoms with Crippen LogP contribution in [0.2, 0.25) is 0 Å². The van der Waals surface area contributed by atoms with Crippen LogP contribution in [0, 0.1) is 0 Å². The molecule has 0 fully saturated rings. The smallest absolute Gasteiger partial charge is 0.249 e. The minimum absolute atomic E-state index is 0.226. The molecule has 2 heterocycles. The topological polar surface area (TPSA) is 74.0 Å². The molecule has 0 spiro atoms. The summed E-state index contributed by atoms with van der Waals surface area (Å²) in [7, 11) is 1.64. The predicted octanol–water partition coefficient (Wildman–Crippen LogP) is 2.37. The van der Waals surface area contributed by atoms with E-state index in [2.05, 4.69) is 15.4 Å². The summed E-state index contributed by atoms with van der Waals surface area (Å²) in [5, 5.41) is 6.98. The van der Waals surface area contributed by atoms with Crippen molar-refractivity contribution in [1.29, 1.82) is 0 Å². The number of aromatic nitrogens is 4. The van der Waals surface area contributed by atoms with E-state index in [9.17, 15) is 4.79 Å². The van der Waals surface area contributed by atoms with Gasteiger partial charge in [-0.15, -0.1) is 0 Å². The summed E-state index contributed by atoms with van der Waals surface area (Å²) in [5.41, 5.74) is 1.95. The first-order valence-corrected chi connectivity index (χ1v) is 7.84. The molecule has 3 rings (SSSR count). The average Bonchev–Trinajstić information content (AvgIpc) is 3.31.